The lowest BCUT2D eigenvalue weighted by molar-refractivity contribution is -0.119. The molecule has 3 rings (SSSR count). The molecule has 0 aliphatic carbocycles. The van der Waals surface area contributed by atoms with Crippen molar-refractivity contribution in [2.24, 2.45) is 5.10 Å². The Morgan fingerprint density at radius 2 is 1.61 bits per heavy atom. The third kappa shape index (κ3) is 7.25. The van der Waals surface area contributed by atoms with E-state index in [0.29, 0.717) is 18.0 Å². The van der Waals surface area contributed by atoms with Crippen molar-refractivity contribution >= 4 is 27.8 Å². The Morgan fingerprint density at radius 3 is 2.21 bits per heavy atom. The second-order valence-corrected chi connectivity index (χ2v) is 10.4. The molecule has 0 heterocycles. The van der Waals surface area contributed by atoms with Crippen molar-refractivity contribution in [2.45, 2.75) is 32.1 Å². The highest BCUT2D eigenvalue weighted by Crippen LogP contribution is 2.32. The zero-order valence-corrected chi connectivity index (χ0v) is 23.0. The summed E-state index contributed by atoms with van der Waals surface area (Å²) >= 11 is 0. The standard InChI is InChI=1S/C28H33N3O6S/c1-6-13-37-24-9-7-22(8-10-24)18-29-30-28(32)19-31(23-15-20(2)14-21(3)16-23)38(33,34)25-11-12-26(35-4)27(17-25)36-5/h7-12,14-18H,6,13,19H2,1-5H3,(H,30,32)/b29-18-. The van der Waals surface area contributed by atoms with Gasteiger partial charge in [0.2, 0.25) is 0 Å². The molecule has 0 saturated carbocycles. The lowest BCUT2D eigenvalue weighted by atomic mass is 10.1. The highest BCUT2D eigenvalue weighted by Gasteiger charge is 2.28. The van der Waals surface area contributed by atoms with Gasteiger partial charge in [0.05, 0.1) is 37.6 Å². The van der Waals surface area contributed by atoms with Gasteiger partial charge in [-0.3, -0.25) is 9.10 Å². The van der Waals surface area contributed by atoms with E-state index >= 15 is 0 Å². The number of benzene rings is 3. The van der Waals surface area contributed by atoms with Gasteiger partial charge in [-0.15, -0.1) is 0 Å². The van der Waals surface area contributed by atoms with Crippen LogP contribution in [0.25, 0.3) is 0 Å². The van der Waals surface area contributed by atoms with Crippen molar-refractivity contribution in [3.8, 4) is 17.2 Å². The third-order valence-corrected chi connectivity index (χ3v) is 7.25. The van der Waals surface area contributed by atoms with Crippen LogP contribution in [-0.2, 0) is 14.8 Å². The number of sulfonamides is 1. The average Bonchev–Trinajstić information content (AvgIpc) is 2.90. The second kappa shape index (κ2) is 13.0. The maximum atomic E-state index is 13.8. The van der Waals surface area contributed by atoms with E-state index in [1.165, 1.54) is 38.6 Å². The van der Waals surface area contributed by atoms with Crippen molar-refractivity contribution in [3.63, 3.8) is 0 Å². The number of hydrogen-bond acceptors (Lipinski definition) is 7. The number of nitrogens with one attached hydrogen (secondary N) is 1. The topological polar surface area (TPSA) is 107 Å². The molecule has 9 nitrogen and oxygen atoms in total. The van der Waals surface area contributed by atoms with Gasteiger partial charge in [-0.25, -0.2) is 13.8 Å². The van der Waals surface area contributed by atoms with Gasteiger partial charge in [0.1, 0.15) is 12.3 Å². The molecule has 0 unspecified atom stereocenters. The van der Waals surface area contributed by atoms with E-state index in [-0.39, 0.29) is 10.6 Å². The number of carbonyl (C=O) groups excluding carboxylic acids is 1. The van der Waals surface area contributed by atoms with E-state index in [0.717, 1.165) is 33.2 Å². The van der Waals surface area contributed by atoms with Gasteiger partial charge in [0, 0.05) is 6.07 Å². The number of aryl methyl sites for hydroxylation is 2. The lowest BCUT2D eigenvalue weighted by Crippen LogP contribution is -2.39. The number of methoxy groups -OCH3 is 2. The molecule has 0 bridgehead atoms. The highest BCUT2D eigenvalue weighted by atomic mass is 32.2. The Bertz CT molecular complexity index is 1370. The van der Waals surface area contributed by atoms with Crippen LogP contribution < -0.4 is 23.9 Å². The number of anilines is 1. The second-order valence-electron chi connectivity index (χ2n) is 8.59. The molecule has 1 amide bonds. The molecule has 202 valence electrons. The summed E-state index contributed by atoms with van der Waals surface area (Å²) in [5.41, 5.74) is 5.25. The summed E-state index contributed by atoms with van der Waals surface area (Å²) in [4.78, 5) is 12.8. The van der Waals surface area contributed by atoms with Crippen LogP contribution in [0.15, 0.2) is 70.7 Å². The molecule has 0 spiro atoms. The molecule has 0 aliphatic heterocycles. The zero-order chi connectivity index (χ0) is 27.7. The minimum absolute atomic E-state index is 0.0454. The Morgan fingerprint density at radius 1 is 0.947 bits per heavy atom. The van der Waals surface area contributed by atoms with Gasteiger partial charge in [-0.05, 0) is 85.5 Å². The van der Waals surface area contributed by atoms with Crippen LogP contribution in [0.1, 0.15) is 30.0 Å². The molecular formula is C28H33N3O6S. The molecule has 0 radical (unpaired) electrons. The van der Waals surface area contributed by atoms with Crippen LogP contribution in [0, 0.1) is 13.8 Å². The van der Waals surface area contributed by atoms with Crippen molar-refractivity contribution in [3.05, 3.63) is 77.4 Å². The number of ether oxygens (including phenoxy) is 3. The molecular weight excluding hydrogens is 506 g/mol. The van der Waals surface area contributed by atoms with Crippen molar-refractivity contribution in [1.29, 1.82) is 0 Å². The van der Waals surface area contributed by atoms with E-state index in [9.17, 15) is 13.2 Å². The summed E-state index contributed by atoms with van der Waals surface area (Å²) in [5.74, 6) is 0.792. The minimum atomic E-state index is -4.16. The molecule has 38 heavy (non-hydrogen) atoms. The van der Waals surface area contributed by atoms with Crippen LogP contribution in [0.2, 0.25) is 0 Å². The summed E-state index contributed by atoms with van der Waals surface area (Å²) < 4.78 is 44.6. The van der Waals surface area contributed by atoms with E-state index in [1.54, 1.807) is 12.1 Å². The number of amides is 1. The molecule has 0 fully saturated rings. The molecule has 3 aromatic rings. The number of hydrogen-bond donors (Lipinski definition) is 1. The third-order valence-electron chi connectivity index (χ3n) is 5.48. The van der Waals surface area contributed by atoms with Gasteiger partial charge < -0.3 is 14.2 Å². The lowest BCUT2D eigenvalue weighted by Gasteiger charge is -2.25. The van der Waals surface area contributed by atoms with Crippen molar-refractivity contribution in [2.75, 3.05) is 31.7 Å². The fourth-order valence-electron chi connectivity index (χ4n) is 3.73. The molecule has 10 heteroatoms. The highest BCUT2D eigenvalue weighted by molar-refractivity contribution is 7.92. The summed E-state index contributed by atoms with van der Waals surface area (Å²) in [6.45, 7) is 5.90. The smallest absolute Gasteiger partial charge is 0.264 e. The average molecular weight is 540 g/mol. The minimum Gasteiger partial charge on any atom is -0.494 e. The van der Waals surface area contributed by atoms with Gasteiger partial charge in [0.15, 0.2) is 11.5 Å². The van der Waals surface area contributed by atoms with Gasteiger partial charge in [0.25, 0.3) is 15.9 Å². The summed E-state index contributed by atoms with van der Waals surface area (Å²) in [5, 5.41) is 4.00. The number of hydrazone groups is 1. The van der Waals surface area contributed by atoms with Gasteiger partial charge >= 0.3 is 0 Å². The maximum absolute atomic E-state index is 13.8. The monoisotopic (exact) mass is 539 g/mol. The summed E-state index contributed by atoms with van der Waals surface area (Å²) in [6.07, 6.45) is 2.39. The molecule has 0 saturated heterocycles. The molecule has 0 aromatic heterocycles. The first-order valence-electron chi connectivity index (χ1n) is 12.1. The Kier molecular flexibility index (Phi) is 9.72. The van der Waals surface area contributed by atoms with Crippen LogP contribution in [0.4, 0.5) is 5.69 Å². The van der Waals surface area contributed by atoms with E-state index in [2.05, 4.69) is 10.5 Å². The Balaban J connectivity index is 1.85. The van der Waals surface area contributed by atoms with Crippen LogP contribution in [0.3, 0.4) is 0 Å². The fraction of sp³-hybridized carbons (Fsp3) is 0.286. The van der Waals surface area contributed by atoms with Gasteiger partial charge in [-0.2, -0.15) is 5.10 Å². The van der Waals surface area contributed by atoms with Crippen molar-refractivity contribution < 1.29 is 27.4 Å². The normalized spacial score (nSPS) is 11.3. The molecule has 0 atom stereocenters. The maximum Gasteiger partial charge on any atom is 0.264 e. The van der Waals surface area contributed by atoms with E-state index in [4.69, 9.17) is 14.2 Å². The van der Waals surface area contributed by atoms with E-state index < -0.39 is 22.5 Å². The van der Waals surface area contributed by atoms with Gasteiger partial charge in [-0.1, -0.05) is 13.0 Å². The number of rotatable bonds is 12. The van der Waals surface area contributed by atoms with Crippen LogP contribution >= 0.6 is 0 Å². The molecule has 3 aromatic carbocycles. The first kappa shape index (κ1) is 28.5. The first-order chi connectivity index (χ1) is 18.2. The van der Waals surface area contributed by atoms with E-state index in [1.807, 2.05) is 51.1 Å². The molecule has 0 aliphatic rings. The predicted molar refractivity (Wildman–Crippen MR) is 148 cm³/mol. The Hall–Kier alpha value is -4.05. The summed E-state index contributed by atoms with van der Waals surface area (Å²) in [6, 6.07) is 16.9. The van der Waals surface area contributed by atoms with Crippen LogP contribution in [0.5, 0.6) is 17.2 Å². The van der Waals surface area contributed by atoms with Crippen molar-refractivity contribution in [1.82, 2.24) is 5.43 Å². The largest absolute Gasteiger partial charge is 0.494 e. The zero-order valence-electron chi connectivity index (χ0n) is 22.2. The quantitative estimate of drug-likeness (QED) is 0.269. The van der Waals surface area contributed by atoms with Crippen LogP contribution in [-0.4, -0.2) is 47.9 Å². The SMILES string of the molecule is CCCOc1ccc(/C=N\NC(=O)CN(c2cc(C)cc(C)c2)S(=O)(=O)c2ccc(OC)c(OC)c2)cc1. The molecule has 1 N–H and O–H groups in total. The number of carbonyl (C=O) groups is 1. The summed E-state index contributed by atoms with van der Waals surface area (Å²) in [7, 11) is -1.27. The Labute approximate surface area is 224 Å². The predicted octanol–water partition coefficient (Wildman–Crippen LogP) is 4.46. The fourth-order valence-corrected chi connectivity index (χ4v) is 5.15. The first-order valence-corrected chi connectivity index (χ1v) is 13.5. The number of nitrogens with zero attached hydrogens (tertiary/aromatic N) is 2.